The van der Waals surface area contributed by atoms with Crippen LogP contribution >= 0.6 is 0 Å². The van der Waals surface area contributed by atoms with E-state index >= 15 is 0 Å². The molecule has 0 aliphatic rings. The maximum absolute atomic E-state index is 11.2. The Hall–Kier alpha value is -1.40. The van der Waals surface area contributed by atoms with E-state index in [2.05, 4.69) is 39.2 Å². The Morgan fingerprint density at radius 2 is 1.71 bits per heavy atom. The third-order valence-electron chi connectivity index (χ3n) is 2.94. The van der Waals surface area contributed by atoms with Crippen molar-refractivity contribution in [3.63, 3.8) is 0 Å². The molecule has 6 nitrogen and oxygen atoms in total. The van der Waals surface area contributed by atoms with E-state index in [9.17, 15) is 9.59 Å². The molecular weight excluding hydrogens is 272 g/mol. The molecule has 0 unspecified atom stereocenters. The Labute approximate surface area is 127 Å². The largest absolute Gasteiger partial charge is 0.460 e. The van der Waals surface area contributed by atoms with E-state index in [1.807, 2.05) is 0 Å². The van der Waals surface area contributed by atoms with Crippen molar-refractivity contribution in [2.75, 3.05) is 26.3 Å². The third-order valence-corrected chi connectivity index (χ3v) is 2.94. The van der Waals surface area contributed by atoms with Gasteiger partial charge in [0.05, 0.1) is 13.2 Å². The molecule has 0 aliphatic carbocycles. The van der Waals surface area contributed by atoms with E-state index in [1.165, 1.54) is 0 Å². The van der Waals surface area contributed by atoms with E-state index in [-0.39, 0.29) is 13.2 Å². The number of amides is 1. The summed E-state index contributed by atoms with van der Waals surface area (Å²) in [4.78, 5) is 29.7. The first-order valence-corrected chi connectivity index (χ1v) is 7.22. The Kier molecular flexibility index (Phi) is 9.65. The lowest BCUT2D eigenvalue weighted by atomic mass is 10.2. The van der Waals surface area contributed by atoms with Gasteiger partial charge in [-0.15, -0.1) is 0 Å². The monoisotopic (exact) mass is 300 g/mol. The van der Waals surface area contributed by atoms with Gasteiger partial charge in [0.2, 0.25) is 6.41 Å². The highest BCUT2D eigenvalue weighted by Gasteiger charge is 2.13. The van der Waals surface area contributed by atoms with Crippen LogP contribution in [-0.4, -0.2) is 60.7 Å². The number of hydrogen-bond donors (Lipinski definition) is 0. The molecule has 0 fully saturated rings. The van der Waals surface area contributed by atoms with E-state index in [0.717, 1.165) is 11.6 Å². The highest BCUT2D eigenvalue weighted by molar-refractivity contribution is 5.86. The predicted molar refractivity (Wildman–Crippen MR) is 81.5 cm³/mol. The van der Waals surface area contributed by atoms with Crippen LogP contribution in [-0.2, 0) is 19.2 Å². The number of nitrogens with zero attached hydrogens (tertiary/aromatic N) is 2. The molecular formula is C15H28N2O4. The molecule has 0 radical (unpaired) electrons. The molecule has 21 heavy (non-hydrogen) atoms. The standard InChI is InChI=1S/C15H28N2O4/c1-12(2)15(19)20-9-7-16(11-18)21-10-8-17(13(3)4)14(5)6/h11,13-14H,1,7-10H2,2-6H3. The highest BCUT2D eigenvalue weighted by atomic mass is 16.7. The fraction of sp³-hybridized carbons (Fsp3) is 0.733. The van der Waals surface area contributed by atoms with E-state index in [0.29, 0.717) is 30.7 Å². The first-order valence-electron chi connectivity index (χ1n) is 7.22. The van der Waals surface area contributed by atoms with Crippen molar-refractivity contribution in [3.8, 4) is 0 Å². The van der Waals surface area contributed by atoms with Gasteiger partial charge in [-0.2, -0.15) is 0 Å². The van der Waals surface area contributed by atoms with Crippen molar-refractivity contribution in [1.29, 1.82) is 0 Å². The van der Waals surface area contributed by atoms with Gasteiger partial charge in [0.1, 0.15) is 6.61 Å². The van der Waals surface area contributed by atoms with E-state index < -0.39 is 5.97 Å². The fourth-order valence-corrected chi connectivity index (χ4v) is 1.88. The predicted octanol–water partition coefficient (Wildman–Crippen LogP) is 1.61. The van der Waals surface area contributed by atoms with Gasteiger partial charge in [-0.1, -0.05) is 6.58 Å². The van der Waals surface area contributed by atoms with Gasteiger partial charge >= 0.3 is 5.97 Å². The molecule has 0 heterocycles. The molecule has 6 heteroatoms. The van der Waals surface area contributed by atoms with Crippen LogP contribution in [0.2, 0.25) is 0 Å². The summed E-state index contributed by atoms with van der Waals surface area (Å²) in [7, 11) is 0. The smallest absolute Gasteiger partial charge is 0.333 e. The van der Waals surface area contributed by atoms with Crippen LogP contribution in [0.15, 0.2) is 12.2 Å². The summed E-state index contributed by atoms with van der Waals surface area (Å²) < 4.78 is 4.91. The average Bonchev–Trinajstić information content (AvgIpc) is 2.39. The van der Waals surface area contributed by atoms with Gasteiger partial charge in [0.25, 0.3) is 0 Å². The molecule has 1 amide bonds. The molecule has 0 rings (SSSR count). The number of esters is 1. The second-order valence-electron chi connectivity index (χ2n) is 5.42. The third kappa shape index (κ3) is 8.47. The Morgan fingerprint density at radius 3 is 2.14 bits per heavy atom. The minimum absolute atomic E-state index is 0.0858. The molecule has 0 saturated heterocycles. The number of carbonyl (C=O) groups excluding carboxylic acids is 2. The average molecular weight is 300 g/mol. The number of rotatable bonds is 11. The summed E-state index contributed by atoms with van der Waals surface area (Å²) in [5.41, 5.74) is 0.332. The maximum atomic E-state index is 11.2. The van der Waals surface area contributed by atoms with E-state index in [4.69, 9.17) is 9.57 Å². The number of carbonyl (C=O) groups is 2. The molecule has 0 aromatic heterocycles. The summed E-state index contributed by atoms with van der Waals surface area (Å²) in [6.45, 7) is 15.0. The lowest BCUT2D eigenvalue weighted by Gasteiger charge is -2.30. The minimum atomic E-state index is -0.466. The van der Waals surface area contributed by atoms with Gasteiger partial charge in [0, 0.05) is 24.2 Å². The van der Waals surface area contributed by atoms with Gasteiger partial charge in [-0.05, 0) is 34.6 Å². The first kappa shape index (κ1) is 19.6. The summed E-state index contributed by atoms with van der Waals surface area (Å²) >= 11 is 0. The van der Waals surface area contributed by atoms with Crippen LogP contribution in [0, 0.1) is 0 Å². The molecule has 0 saturated carbocycles. The number of hydroxylamine groups is 2. The van der Waals surface area contributed by atoms with Gasteiger partial charge in [-0.3, -0.25) is 14.5 Å². The number of ether oxygens (including phenoxy) is 1. The summed E-state index contributed by atoms with van der Waals surface area (Å²) in [6.07, 6.45) is 0.587. The quantitative estimate of drug-likeness (QED) is 0.251. The lowest BCUT2D eigenvalue weighted by molar-refractivity contribution is -0.179. The van der Waals surface area contributed by atoms with Crippen molar-refractivity contribution in [2.24, 2.45) is 0 Å². The van der Waals surface area contributed by atoms with Crippen molar-refractivity contribution in [2.45, 2.75) is 46.7 Å². The summed E-state index contributed by atoms with van der Waals surface area (Å²) in [6, 6.07) is 0.824. The molecule has 0 aromatic carbocycles. The Bertz CT molecular complexity index is 335. The molecule has 0 bridgehead atoms. The zero-order valence-corrected chi connectivity index (χ0v) is 13.8. The lowest BCUT2D eigenvalue weighted by Crippen LogP contribution is -2.40. The van der Waals surface area contributed by atoms with Crippen molar-refractivity contribution in [3.05, 3.63) is 12.2 Å². The Balaban J connectivity index is 4.02. The zero-order valence-electron chi connectivity index (χ0n) is 13.8. The maximum Gasteiger partial charge on any atom is 0.333 e. The summed E-state index contributed by atoms with van der Waals surface area (Å²) in [5.74, 6) is -0.466. The SMILES string of the molecule is C=C(C)C(=O)OCCN(C=O)OCCN(C(C)C)C(C)C. The van der Waals surface area contributed by atoms with Crippen LogP contribution in [0.25, 0.3) is 0 Å². The van der Waals surface area contributed by atoms with Crippen LogP contribution < -0.4 is 0 Å². The minimum Gasteiger partial charge on any atom is -0.460 e. The highest BCUT2D eigenvalue weighted by Crippen LogP contribution is 2.04. The second-order valence-corrected chi connectivity index (χ2v) is 5.42. The topological polar surface area (TPSA) is 59.1 Å². The molecule has 0 atom stereocenters. The van der Waals surface area contributed by atoms with Crippen molar-refractivity contribution >= 4 is 12.4 Å². The molecule has 0 aromatic rings. The summed E-state index contributed by atoms with van der Waals surface area (Å²) in [5, 5.41) is 1.14. The zero-order chi connectivity index (χ0) is 16.4. The molecule has 0 N–H and O–H groups in total. The van der Waals surface area contributed by atoms with Crippen LogP contribution in [0.5, 0.6) is 0 Å². The Morgan fingerprint density at radius 1 is 1.14 bits per heavy atom. The number of hydrogen-bond acceptors (Lipinski definition) is 5. The van der Waals surface area contributed by atoms with Gasteiger partial charge in [0.15, 0.2) is 0 Å². The van der Waals surface area contributed by atoms with Crippen LogP contribution in [0.4, 0.5) is 0 Å². The molecule has 0 aliphatic heterocycles. The molecule has 0 spiro atoms. The fourth-order valence-electron chi connectivity index (χ4n) is 1.88. The van der Waals surface area contributed by atoms with Crippen molar-refractivity contribution < 1.29 is 19.2 Å². The van der Waals surface area contributed by atoms with Crippen molar-refractivity contribution in [1.82, 2.24) is 9.96 Å². The van der Waals surface area contributed by atoms with Crippen LogP contribution in [0.1, 0.15) is 34.6 Å². The normalized spacial score (nSPS) is 11.0. The van der Waals surface area contributed by atoms with Gasteiger partial charge < -0.3 is 4.74 Å². The van der Waals surface area contributed by atoms with E-state index in [1.54, 1.807) is 6.92 Å². The van der Waals surface area contributed by atoms with Crippen LogP contribution in [0.3, 0.4) is 0 Å². The first-order chi connectivity index (χ1) is 9.79. The van der Waals surface area contributed by atoms with Gasteiger partial charge in [-0.25, -0.2) is 9.86 Å². The second kappa shape index (κ2) is 10.3. The molecule has 122 valence electrons.